The molecule has 0 saturated carbocycles. The number of rotatable bonds is 0. The highest BCUT2D eigenvalue weighted by atomic mass is 16.3. The van der Waals surface area contributed by atoms with Crippen LogP contribution in [0.25, 0.3) is 0 Å². The first-order chi connectivity index (χ1) is 10.4. The number of aliphatic hydroxyl groups is 1. The van der Waals surface area contributed by atoms with Crippen molar-refractivity contribution >= 4 is 11.6 Å². The molecule has 0 bridgehead atoms. The highest BCUT2D eigenvalue weighted by Gasteiger charge is 2.30. The van der Waals surface area contributed by atoms with E-state index in [0.717, 1.165) is 0 Å². The normalized spacial score (nSPS) is 13.0. The Morgan fingerprint density at radius 1 is 0.864 bits per heavy atom. The van der Waals surface area contributed by atoms with Gasteiger partial charge in [0, 0.05) is 27.8 Å². The van der Waals surface area contributed by atoms with Gasteiger partial charge >= 0.3 is 0 Å². The molecular weight excluding hydrogens is 276 g/mol. The maximum atomic E-state index is 12.7. The minimum Gasteiger partial charge on any atom is -0.378 e. The fourth-order valence-electron chi connectivity index (χ4n) is 2.47. The summed E-state index contributed by atoms with van der Waals surface area (Å²) in [6.07, 6.45) is 0. The second kappa shape index (κ2) is 4.94. The van der Waals surface area contributed by atoms with Crippen LogP contribution in [-0.2, 0) is 0 Å². The van der Waals surface area contributed by atoms with E-state index in [1.54, 1.807) is 56.3 Å². The molecule has 22 heavy (non-hydrogen) atoms. The van der Waals surface area contributed by atoms with E-state index >= 15 is 0 Å². The largest absolute Gasteiger partial charge is 0.378 e. The van der Waals surface area contributed by atoms with E-state index in [9.17, 15) is 14.7 Å². The lowest BCUT2D eigenvalue weighted by molar-refractivity contribution is 0.0979. The number of ketones is 2. The lowest BCUT2D eigenvalue weighted by atomic mass is 9.82. The van der Waals surface area contributed by atoms with Gasteiger partial charge in [0.15, 0.2) is 11.6 Å². The summed E-state index contributed by atoms with van der Waals surface area (Å²) in [6.45, 7) is 3.13. The summed E-state index contributed by atoms with van der Waals surface area (Å²) in [4.78, 5) is 25.3. The molecule has 3 heteroatoms. The maximum Gasteiger partial charge on any atom is 0.195 e. The SMILES string of the molecule is CC(C)(O)C#Cc1cccc2c1C(=O)c1ccccc1C2=O. The molecule has 0 unspecified atom stereocenters. The molecule has 1 aliphatic carbocycles. The van der Waals surface area contributed by atoms with Crippen LogP contribution < -0.4 is 0 Å². The fraction of sp³-hybridized carbons (Fsp3) is 0.158. The van der Waals surface area contributed by atoms with Crippen LogP contribution in [0.1, 0.15) is 51.3 Å². The minimum absolute atomic E-state index is 0.169. The predicted molar refractivity (Wildman–Crippen MR) is 82.9 cm³/mol. The summed E-state index contributed by atoms with van der Waals surface area (Å²) in [5.41, 5.74) is 0.814. The van der Waals surface area contributed by atoms with Gasteiger partial charge < -0.3 is 5.11 Å². The second-order valence-electron chi connectivity index (χ2n) is 5.74. The zero-order valence-electron chi connectivity index (χ0n) is 12.3. The highest BCUT2D eigenvalue weighted by molar-refractivity contribution is 6.29. The second-order valence-corrected chi connectivity index (χ2v) is 5.74. The zero-order chi connectivity index (χ0) is 15.9. The molecule has 0 amide bonds. The fourth-order valence-corrected chi connectivity index (χ4v) is 2.47. The monoisotopic (exact) mass is 290 g/mol. The molecule has 0 aliphatic heterocycles. The molecule has 3 rings (SSSR count). The Labute approximate surface area is 128 Å². The first-order valence-electron chi connectivity index (χ1n) is 6.95. The average Bonchev–Trinajstić information content (AvgIpc) is 2.49. The summed E-state index contributed by atoms with van der Waals surface area (Å²) in [6, 6.07) is 11.8. The molecule has 1 aliphatic rings. The summed E-state index contributed by atoms with van der Waals surface area (Å²) < 4.78 is 0. The van der Waals surface area contributed by atoms with E-state index in [4.69, 9.17) is 0 Å². The first kappa shape index (κ1) is 14.2. The summed E-state index contributed by atoms with van der Waals surface area (Å²) in [7, 11) is 0. The van der Waals surface area contributed by atoms with Crippen LogP contribution in [0.15, 0.2) is 42.5 Å². The van der Waals surface area contributed by atoms with E-state index in [1.165, 1.54) is 0 Å². The third-order valence-electron chi connectivity index (χ3n) is 3.46. The van der Waals surface area contributed by atoms with Crippen molar-refractivity contribution in [1.82, 2.24) is 0 Å². The predicted octanol–water partition coefficient (Wildman–Crippen LogP) is 2.58. The molecule has 3 nitrogen and oxygen atoms in total. The summed E-state index contributed by atoms with van der Waals surface area (Å²) >= 11 is 0. The topological polar surface area (TPSA) is 54.4 Å². The molecule has 2 aromatic rings. The van der Waals surface area contributed by atoms with Gasteiger partial charge in [-0.05, 0) is 19.9 Å². The molecule has 0 spiro atoms. The van der Waals surface area contributed by atoms with E-state index in [2.05, 4.69) is 11.8 Å². The minimum atomic E-state index is -1.16. The van der Waals surface area contributed by atoms with E-state index in [0.29, 0.717) is 27.8 Å². The van der Waals surface area contributed by atoms with Gasteiger partial charge in [-0.2, -0.15) is 0 Å². The average molecular weight is 290 g/mol. The van der Waals surface area contributed by atoms with Crippen molar-refractivity contribution in [3.05, 3.63) is 70.3 Å². The van der Waals surface area contributed by atoms with Crippen molar-refractivity contribution in [3.63, 3.8) is 0 Å². The van der Waals surface area contributed by atoms with Gasteiger partial charge in [0.2, 0.25) is 0 Å². The van der Waals surface area contributed by atoms with Crippen molar-refractivity contribution in [3.8, 4) is 11.8 Å². The van der Waals surface area contributed by atoms with E-state index < -0.39 is 5.60 Å². The van der Waals surface area contributed by atoms with Crippen molar-refractivity contribution in [2.24, 2.45) is 0 Å². The van der Waals surface area contributed by atoms with Crippen LogP contribution in [0.4, 0.5) is 0 Å². The van der Waals surface area contributed by atoms with Crippen molar-refractivity contribution in [2.45, 2.75) is 19.4 Å². The molecule has 0 fully saturated rings. The van der Waals surface area contributed by atoms with E-state index in [-0.39, 0.29) is 11.6 Å². The van der Waals surface area contributed by atoms with Gasteiger partial charge in [-0.25, -0.2) is 0 Å². The molecule has 0 aromatic heterocycles. The Morgan fingerprint density at radius 2 is 1.45 bits per heavy atom. The van der Waals surface area contributed by atoms with Crippen molar-refractivity contribution in [1.29, 1.82) is 0 Å². The van der Waals surface area contributed by atoms with Gasteiger partial charge in [-0.1, -0.05) is 48.2 Å². The summed E-state index contributed by atoms with van der Waals surface area (Å²) in [5.74, 6) is 5.14. The van der Waals surface area contributed by atoms with Gasteiger partial charge in [-0.3, -0.25) is 9.59 Å². The lowest BCUT2D eigenvalue weighted by Gasteiger charge is -2.18. The van der Waals surface area contributed by atoms with Crippen LogP contribution in [-0.4, -0.2) is 22.3 Å². The Morgan fingerprint density at radius 3 is 2.09 bits per heavy atom. The number of benzene rings is 2. The van der Waals surface area contributed by atoms with Crippen LogP contribution >= 0.6 is 0 Å². The molecule has 0 heterocycles. The number of carbonyl (C=O) groups is 2. The molecule has 1 N–H and O–H groups in total. The Hall–Kier alpha value is -2.70. The van der Waals surface area contributed by atoms with Gasteiger partial charge in [0.05, 0.1) is 0 Å². The van der Waals surface area contributed by atoms with Crippen LogP contribution in [0, 0.1) is 11.8 Å². The van der Waals surface area contributed by atoms with Gasteiger partial charge in [0.1, 0.15) is 5.60 Å². The number of hydrogen-bond acceptors (Lipinski definition) is 3. The maximum absolute atomic E-state index is 12.7. The molecule has 2 aromatic carbocycles. The standard InChI is InChI=1S/C19H14O3/c1-19(2,22)11-10-12-6-5-9-15-16(12)18(21)14-8-4-3-7-13(14)17(15)20/h3-9,22H,1-2H3. The van der Waals surface area contributed by atoms with Gasteiger partial charge in [-0.15, -0.1) is 0 Å². The Balaban J connectivity index is 2.23. The third kappa shape index (κ3) is 2.34. The van der Waals surface area contributed by atoms with Crippen LogP contribution in [0.2, 0.25) is 0 Å². The smallest absolute Gasteiger partial charge is 0.195 e. The first-order valence-corrected chi connectivity index (χ1v) is 6.95. The van der Waals surface area contributed by atoms with Crippen LogP contribution in [0.5, 0.6) is 0 Å². The highest BCUT2D eigenvalue weighted by Crippen LogP contribution is 2.29. The number of hydrogen-bond donors (Lipinski definition) is 1. The number of fused-ring (bicyclic) bond motifs is 2. The van der Waals surface area contributed by atoms with Crippen molar-refractivity contribution < 1.29 is 14.7 Å². The van der Waals surface area contributed by atoms with Crippen LogP contribution in [0.3, 0.4) is 0 Å². The third-order valence-corrected chi connectivity index (χ3v) is 3.46. The Bertz CT molecular complexity index is 858. The van der Waals surface area contributed by atoms with E-state index in [1.807, 2.05) is 0 Å². The Kier molecular flexibility index (Phi) is 3.20. The summed E-state index contributed by atoms with van der Waals surface area (Å²) in [5, 5.41) is 9.73. The molecule has 0 atom stereocenters. The molecule has 0 saturated heterocycles. The molecular formula is C19H14O3. The number of carbonyl (C=O) groups excluding carboxylic acids is 2. The molecule has 108 valence electrons. The molecule has 0 radical (unpaired) electrons. The van der Waals surface area contributed by atoms with Crippen molar-refractivity contribution in [2.75, 3.05) is 0 Å². The lowest BCUT2D eigenvalue weighted by Crippen LogP contribution is -2.22. The zero-order valence-corrected chi connectivity index (χ0v) is 12.3. The quantitative estimate of drug-likeness (QED) is 0.647. The van der Waals surface area contributed by atoms with Gasteiger partial charge in [0.25, 0.3) is 0 Å².